The number of nitrogens with zero attached hydrogens (tertiary/aromatic N) is 6. The third-order valence-corrected chi connectivity index (χ3v) is 0.838. The van der Waals surface area contributed by atoms with Gasteiger partial charge >= 0.3 is 10.2 Å². The van der Waals surface area contributed by atoms with Gasteiger partial charge in [-0.1, -0.05) is 0 Å². The molecule has 0 radical (unpaired) electrons. The van der Waals surface area contributed by atoms with E-state index in [9.17, 15) is 8.42 Å². The molecule has 9 heavy (non-hydrogen) atoms. The molecule has 0 aliphatic heterocycles. The van der Waals surface area contributed by atoms with Gasteiger partial charge in [0, 0.05) is 18.9 Å². The second-order valence-corrected chi connectivity index (χ2v) is 2.01. The van der Waals surface area contributed by atoms with E-state index in [-0.39, 0.29) is 0 Å². The molecule has 0 aromatic carbocycles. The molecule has 0 unspecified atom stereocenters. The molecule has 0 saturated carbocycles. The summed E-state index contributed by atoms with van der Waals surface area (Å²) < 4.78 is 24.3. The summed E-state index contributed by atoms with van der Waals surface area (Å²) in [4.78, 5) is 3.80. The molecule has 0 amide bonds. The minimum absolute atomic E-state index is 1.90. The van der Waals surface area contributed by atoms with Crippen molar-refractivity contribution in [2.24, 2.45) is 9.04 Å². The van der Waals surface area contributed by atoms with Crippen LogP contribution in [0.1, 0.15) is 0 Å². The average Bonchev–Trinajstić information content (AvgIpc) is 1.64. The van der Waals surface area contributed by atoms with Gasteiger partial charge in [-0.15, -0.1) is 0 Å². The highest BCUT2D eigenvalue weighted by Crippen LogP contribution is 1.92. The van der Waals surface area contributed by atoms with Crippen molar-refractivity contribution in [1.29, 1.82) is 0 Å². The molecule has 0 fully saturated rings. The Bertz CT molecular complexity index is 248. The van der Waals surface area contributed by atoms with Gasteiger partial charge in [0.1, 0.15) is 0 Å². The van der Waals surface area contributed by atoms with E-state index < -0.39 is 10.2 Å². The third kappa shape index (κ3) is 3.18. The van der Waals surface area contributed by atoms with Crippen LogP contribution in [0.25, 0.3) is 20.9 Å². The Labute approximate surface area is 49.5 Å². The lowest BCUT2D eigenvalue weighted by molar-refractivity contribution is 0.599. The normalized spacial score (nSPS) is 8.89. The lowest BCUT2D eigenvalue weighted by Crippen LogP contribution is -1.82. The van der Waals surface area contributed by atoms with Crippen molar-refractivity contribution in [2.45, 2.75) is 0 Å². The first kappa shape index (κ1) is 7.57. The highest BCUT2D eigenvalue weighted by molar-refractivity contribution is 7.88. The second kappa shape index (κ2) is 2.78. The van der Waals surface area contributed by atoms with Crippen LogP contribution >= 0.6 is 0 Å². The molecule has 0 atom stereocenters. The Kier molecular flexibility index (Phi) is 2.33. The van der Waals surface area contributed by atoms with E-state index in [2.05, 4.69) is 9.04 Å². The van der Waals surface area contributed by atoms with E-state index in [4.69, 9.17) is 11.1 Å². The summed E-state index contributed by atoms with van der Waals surface area (Å²) in [5, 5.41) is 0. The quantitative estimate of drug-likeness (QED) is 0.326. The van der Waals surface area contributed by atoms with Gasteiger partial charge in [0.15, 0.2) is 0 Å². The first-order valence-electron chi connectivity index (χ1n) is 1.50. The minimum atomic E-state index is -4.27. The average molecular weight is 148 g/mol. The van der Waals surface area contributed by atoms with E-state index in [0.29, 0.717) is 0 Å². The summed E-state index contributed by atoms with van der Waals surface area (Å²) in [5.41, 5.74) is 15.0. The fourth-order valence-corrected chi connectivity index (χ4v) is 0.326. The summed E-state index contributed by atoms with van der Waals surface area (Å²) in [6, 6.07) is 0. The molecule has 0 saturated heterocycles. The van der Waals surface area contributed by atoms with Gasteiger partial charge in [0.25, 0.3) is 0 Å². The van der Waals surface area contributed by atoms with Crippen molar-refractivity contribution in [3.63, 3.8) is 0 Å². The maximum Gasteiger partial charge on any atom is 0.321 e. The Morgan fingerprint density at radius 2 is 1.44 bits per heavy atom. The fourth-order valence-electron chi connectivity index (χ4n) is 0.109. The molecule has 0 aliphatic rings. The van der Waals surface area contributed by atoms with Gasteiger partial charge < -0.3 is 0 Å². The van der Waals surface area contributed by atoms with Crippen molar-refractivity contribution < 1.29 is 8.42 Å². The maximum absolute atomic E-state index is 9.99. The monoisotopic (exact) mass is 148 g/mol. The summed E-state index contributed by atoms with van der Waals surface area (Å²) in [7, 11) is -4.27. The zero-order chi connectivity index (χ0) is 7.33. The minimum Gasteiger partial charge on any atom is -0.213 e. The van der Waals surface area contributed by atoms with Gasteiger partial charge in [-0.05, 0) is 11.1 Å². The summed E-state index contributed by atoms with van der Waals surface area (Å²) in [6.07, 6.45) is 0. The van der Waals surface area contributed by atoms with Gasteiger partial charge in [-0.25, -0.2) is 8.42 Å². The van der Waals surface area contributed by atoms with E-state index in [1.807, 2.05) is 9.82 Å². The van der Waals surface area contributed by atoms with Crippen LogP contribution in [0.15, 0.2) is 9.04 Å². The summed E-state index contributed by atoms with van der Waals surface area (Å²) >= 11 is 0. The molecule has 0 aliphatic carbocycles. The first-order valence-corrected chi connectivity index (χ1v) is 2.90. The zero-order valence-electron chi connectivity index (χ0n) is 3.91. The number of hydrogen-bond acceptors (Lipinski definition) is 2. The van der Waals surface area contributed by atoms with E-state index in [1.165, 1.54) is 0 Å². The molecule has 0 bridgehead atoms. The third-order valence-electron chi connectivity index (χ3n) is 0.279. The Morgan fingerprint density at radius 3 is 1.67 bits per heavy atom. The van der Waals surface area contributed by atoms with Gasteiger partial charge in [-0.2, -0.15) is 0 Å². The Morgan fingerprint density at radius 1 is 1.11 bits per heavy atom. The Hall–Kier alpha value is -1.43. The molecular weight excluding hydrogens is 148 g/mol. The van der Waals surface area contributed by atoms with Crippen molar-refractivity contribution in [2.75, 3.05) is 0 Å². The van der Waals surface area contributed by atoms with Crippen LogP contribution in [0.5, 0.6) is 0 Å². The highest BCUT2D eigenvalue weighted by Gasteiger charge is 1.99. The number of rotatable bonds is 2. The zero-order valence-corrected chi connectivity index (χ0v) is 4.72. The van der Waals surface area contributed by atoms with Crippen LogP contribution in [0, 0.1) is 0 Å². The van der Waals surface area contributed by atoms with Crippen LogP contribution in [0.3, 0.4) is 0 Å². The van der Waals surface area contributed by atoms with E-state index in [1.54, 1.807) is 0 Å². The topological polar surface area (TPSA) is 132 Å². The number of hydrogen-bond donors (Lipinski definition) is 0. The second-order valence-electron chi connectivity index (χ2n) is 0.790. The molecule has 9 heteroatoms. The summed E-state index contributed by atoms with van der Waals surface area (Å²) in [5.74, 6) is 0. The molecule has 0 spiro atoms. The van der Waals surface area contributed by atoms with E-state index >= 15 is 0 Å². The Balaban J connectivity index is 4.84. The highest BCUT2D eigenvalue weighted by atomic mass is 32.2. The van der Waals surface area contributed by atoms with Crippen molar-refractivity contribution >= 4 is 10.2 Å². The van der Waals surface area contributed by atoms with Crippen LogP contribution in [0.2, 0.25) is 0 Å². The van der Waals surface area contributed by atoms with Crippen molar-refractivity contribution in [3.05, 3.63) is 20.9 Å². The van der Waals surface area contributed by atoms with Gasteiger partial charge in [0.2, 0.25) is 0 Å². The fraction of sp³-hybridized carbons (Fsp3) is 0. The molecule has 48 valence electrons. The molecule has 0 rings (SSSR count). The van der Waals surface area contributed by atoms with Crippen molar-refractivity contribution in [3.8, 4) is 0 Å². The summed E-state index contributed by atoms with van der Waals surface area (Å²) in [6.45, 7) is 0. The largest absolute Gasteiger partial charge is 0.321 e. The van der Waals surface area contributed by atoms with Crippen LogP contribution in [0.4, 0.5) is 0 Å². The smallest absolute Gasteiger partial charge is 0.213 e. The SMILES string of the molecule is [N-]=[N+]=NS(=O)(=O)N=[N+]=[N-]. The van der Waals surface area contributed by atoms with Crippen LogP contribution < -0.4 is 0 Å². The standard InChI is InChI=1S/N6O2S/c1-3-5-9(7,8)6-4-2. The number of azide groups is 1. The predicted octanol–water partition coefficient (Wildman–Crippen LogP) is 0.852. The van der Waals surface area contributed by atoms with Gasteiger partial charge in [-0.3, -0.25) is 0 Å². The molecule has 0 N–H and O–H groups in total. The predicted molar refractivity (Wildman–Crippen MR) is 27.2 cm³/mol. The lowest BCUT2D eigenvalue weighted by atomic mass is 13.0. The van der Waals surface area contributed by atoms with Crippen LogP contribution in [-0.4, -0.2) is 8.42 Å². The maximum atomic E-state index is 9.99. The lowest BCUT2D eigenvalue weighted by Gasteiger charge is -1.73. The van der Waals surface area contributed by atoms with E-state index in [0.717, 1.165) is 0 Å². The molecular formula is N6O2S. The van der Waals surface area contributed by atoms with Crippen LogP contribution in [-0.2, 0) is 10.2 Å². The molecule has 0 aromatic rings. The van der Waals surface area contributed by atoms with Gasteiger partial charge in [0.05, 0.1) is 0 Å². The molecule has 0 aromatic heterocycles. The molecule has 8 nitrogen and oxygen atoms in total. The molecule has 0 heterocycles. The first-order chi connectivity index (χ1) is 4.12. The van der Waals surface area contributed by atoms with Crippen molar-refractivity contribution in [1.82, 2.24) is 0 Å².